The molecule has 0 aliphatic carbocycles. The Morgan fingerprint density at radius 2 is 1.94 bits per heavy atom. The predicted molar refractivity (Wildman–Crippen MR) is 115 cm³/mol. The monoisotopic (exact) mass is 447 g/mol. The van der Waals surface area contributed by atoms with Crippen LogP contribution >= 0.6 is 0 Å². The van der Waals surface area contributed by atoms with Gasteiger partial charge in [-0.1, -0.05) is 24.3 Å². The molecule has 7 nitrogen and oxygen atoms in total. The molecule has 0 unspecified atom stereocenters. The molecule has 8 heteroatoms. The number of para-hydroxylation sites is 1. The molecule has 1 atom stereocenters. The van der Waals surface area contributed by atoms with E-state index in [0.717, 1.165) is 0 Å². The maximum Gasteiger partial charge on any atom is 0.290 e. The lowest BCUT2D eigenvalue weighted by molar-refractivity contribution is -0.130. The summed E-state index contributed by atoms with van der Waals surface area (Å²) in [5.74, 6) is -1.70. The zero-order chi connectivity index (χ0) is 23.1. The lowest BCUT2D eigenvalue weighted by Gasteiger charge is -2.25. The van der Waals surface area contributed by atoms with Crippen molar-refractivity contribution in [3.63, 3.8) is 0 Å². The van der Waals surface area contributed by atoms with Crippen LogP contribution in [0.25, 0.3) is 11.0 Å². The normalized spacial score (nSPS) is 16.1. The topological polar surface area (TPSA) is 93.1 Å². The second kappa shape index (κ2) is 7.98. The number of ketones is 1. The molecule has 0 saturated heterocycles. The largest absolute Gasteiger partial charge is 0.503 e. The number of benzene rings is 2. The van der Waals surface area contributed by atoms with Gasteiger partial charge in [-0.15, -0.1) is 0 Å². The third-order valence-electron chi connectivity index (χ3n) is 5.59. The Balaban J connectivity index is 1.61. The van der Waals surface area contributed by atoms with Gasteiger partial charge in [0.05, 0.1) is 31.5 Å². The number of furan rings is 2. The van der Waals surface area contributed by atoms with Crippen molar-refractivity contribution in [3.05, 3.63) is 101 Å². The number of rotatable bonds is 6. The highest BCUT2D eigenvalue weighted by molar-refractivity contribution is 6.16. The van der Waals surface area contributed by atoms with Gasteiger partial charge >= 0.3 is 0 Å². The molecule has 1 aliphatic rings. The summed E-state index contributed by atoms with van der Waals surface area (Å²) in [6.45, 7) is 0.00265. The molecule has 3 heterocycles. The summed E-state index contributed by atoms with van der Waals surface area (Å²) in [5, 5.41) is 11.4. The number of amides is 1. The molecule has 0 radical (unpaired) electrons. The Kier molecular flexibility index (Phi) is 4.97. The molecule has 4 aromatic rings. The number of Topliss-reactive ketones (excluding diaryl/α,β-unsaturated/α-hetero) is 1. The van der Waals surface area contributed by atoms with Crippen molar-refractivity contribution >= 4 is 22.7 Å². The van der Waals surface area contributed by atoms with E-state index in [1.54, 1.807) is 30.3 Å². The third kappa shape index (κ3) is 3.45. The summed E-state index contributed by atoms with van der Waals surface area (Å²) in [7, 11) is 1.49. The number of hydrogen-bond donors (Lipinski definition) is 1. The molecule has 0 spiro atoms. The van der Waals surface area contributed by atoms with Crippen molar-refractivity contribution in [1.29, 1.82) is 0 Å². The van der Waals surface area contributed by atoms with Crippen molar-refractivity contribution in [2.45, 2.75) is 12.6 Å². The predicted octanol–water partition coefficient (Wildman–Crippen LogP) is 4.95. The molecule has 0 fully saturated rings. The summed E-state index contributed by atoms with van der Waals surface area (Å²) in [4.78, 5) is 27.8. The molecular weight excluding hydrogens is 429 g/mol. The molecule has 0 saturated carbocycles. The number of fused-ring (bicyclic) bond motifs is 1. The number of aliphatic hydroxyl groups excluding tert-OH is 1. The first-order valence-electron chi connectivity index (χ1n) is 10.1. The van der Waals surface area contributed by atoms with E-state index >= 15 is 0 Å². The number of halogens is 1. The van der Waals surface area contributed by atoms with Crippen LogP contribution in [0.1, 0.15) is 27.9 Å². The van der Waals surface area contributed by atoms with Gasteiger partial charge in [0.25, 0.3) is 5.91 Å². The summed E-state index contributed by atoms with van der Waals surface area (Å²) in [6, 6.07) is 14.5. The Labute approximate surface area is 187 Å². The third-order valence-corrected chi connectivity index (χ3v) is 5.59. The van der Waals surface area contributed by atoms with E-state index in [-0.39, 0.29) is 17.9 Å². The first kappa shape index (κ1) is 20.6. The van der Waals surface area contributed by atoms with E-state index in [2.05, 4.69) is 0 Å². The highest BCUT2D eigenvalue weighted by Gasteiger charge is 2.45. The van der Waals surface area contributed by atoms with Crippen LogP contribution in [-0.2, 0) is 11.3 Å². The molecule has 2 aromatic carbocycles. The first-order chi connectivity index (χ1) is 16.0. The van der Waals surface area contributed by atoms with Gasteiger partial charge < -0.3 is 23.6 Å². The summed E-state index contributed by atoms with van der Waals surface area (Å²) < 4.78 is 30.0. The average Bonchev–Trinajstić information content (AvgIpc) is 3.54. The quantitative estimate of drug-likeness (QED) is 0.421. The van der Waals surface area contributed by atoms with Crippen LogP contribution in [0.5, 0.6) is 5.75 Å². The van der Waals surface area contributed by atoms with E-state index in [9.17, 15) is 19.1 Å². The van der Waals surface area contributed by atoms with Crippen LogP contribution in [0, 0.1) is 5.82 Å². The standard InChI is InChI=1S/C25H18FNO6/c1-31-18-6-2-4-15-12-19(33-24(15)18)22(28)20-21(14-7-9-16(26)10-8-14)27(25(30)23(20)29)13-17-5-3-11-32-17/h2-12,21,29H,13H2,1H3/t21-/m1/s1. The molecule has 1 N–H and O–H groups in total. The molecule has 2 aromatic heterocycles. The van der Waals surface area contributed by atoms with Crippen molar-refractivity contribution in [2.24, 2.45) is 0 Å². The summed E-state index contributed by atoms with van der Waals surface area (Å²) in [5.41, 5.74) is 0.673. The van der Waals surface area contributed by atoms with Crippen LogP contribution in [0.4, 0.5) is 4.39 Å². The summed E-state index contributed by atoms with van der Waals surface area (Å²) >= 11 is 0. The Hall–Kier alpha value is -4.33. The Morgan fingerprint density at radius 3 is 2.64 bits per heavy atom. The number of nitrogens with zero attached hydrogens (tertiary/aromatic N) is 1. The number of methoxy groups -OCH3 is 1. The van der Waals surface area contributed by atoms with Gasteiger partial charge in [-0.3, -0.25) is 9.59 Å². The van der Waals surface area contributed by atoms with Crippen LogP contribution < -0.4 is 4.74 Å². The van der Waals surface area contributed by atoms with Crippen LogP contribution in [-0.4, -0.2) is 28.8 Å². The lowest BCUT2D eigenvalue weighted by atomic mass is 9.95. The van der Waals surface area contributed by atoms with Crippen LogP contribution in [0.3, 0.4) is 0 Å². The van der Waals surface area contributed by atoms with E-state index in [1.807, 2.05) is 0 Å². The van der Waals surface area contributed by atoms with Gasteiger partial charge in [-0.05, 0) is 42.0 Å². The zero-order valence-corrected chi connectivity index (χ0v) is 17.4. The molecule has 1 amide bonds. The number of carbonyl (C=O) groups is 2. The molecule has 166 valence electrons. The number of ether oxygens (including phenoxy) is 1. The Morgan fingerprint density at radius 1 is 1.15 bits per heavy atom. The van der Waals surface area contributed by atoms with Gasteiger partial charge in [0.1, 0.15) is 11.6 Å². The number of carbonyl (C=O) groups excluding carboxylic acids is 2. The van der Waals surface area contributed by atoms with Gasteiger partial charge in [-0.2, -0.15) is 0 Å². The van der Waals surface area contributed by atoms with Crippen LogP contribution in [0.15, 0.2) is 87.1 Å². The van der Waals surface area contributed by atoms with Gasteiger partial charge in [0.2, 0.25) is 5.78 Å². The zero-order valence-electron chi connectivity index (χ0n) is 17.4. The Bertz CT molecular complexity index is 1380. The lowest BCUT2D eigenvalue weighted by Crippen LogP contribution is -2.30. The fraction of sp³-hybridized carbons (Fsp3) is 0.120. The fourth-order valence-corrected chi connectivity index (χ4v) is 4.05. The van der Waals surface area contributed by atoms with E-state index < -0.39 is 29.3 Å². The van der Waals surface area contributed by atoms with E-state index in [4.69, 9.17) is 13.6 Å². The number of aliphatic hydroxyl groups is 1. The van der Waals surface area contributed by atoms with Crippen LogP contribution in [0.2, 0.25) is 0 Å². The fourth-order valence-electron chi connectivity index (χ4n) is 4.05. The number of hydrogen-bond acceptors (Lipinski definition) is 6. The van der Waals surface area contributed by atoms with Crippen molar-refractivity contribution in [1.82, 2.24) is 4.90 Å². The van der Waals surface area contributed by atoms with Crippen molar-refractivity contribution in [3.8, 4) is 5.75 Å². The SMILES string of the molecule is COc1cccc2cc(C(=O)C3=C(O)C(=O)N(Cc4ccco4)[C@@H]3c3ccc(F)cc3)oc12. The molecule has 1 aliphatic heterocycles. The van der Waals surface area contributed by atoms with Gasteiger partial charge in [0, 0.05) is 5.39 Å². The van der Waals surface area contributed by atoms with Crippen molar-refractivity contribution in [2.75, 3.05) is 7.11 Å². The van der Waals surface area contributed by atoms with Gasteiger partial charge in [-0.25, -0.2) is 4.39 Å². The minimum absolute atomic E-state index is 0.00265. The minimum atomic E-state index is -0.967. The van der Waals surface area contributed by atoms with E-state index in [0.29, 0.717) is 28.0 Å². The highest BCUT2D eigenvalue weighted by Crippen LogP contribution is 2.41. The molecule has 33 heavy (non-hydrogen) atoms. The second-order valence-corrected chi connectivity index (χ2v) is 7.55. The summed E-state index contributed by atoms with van der Waals surface area (Å²) in [6.07, 6.45) is 1.46. The maximum atomic E-state index is 13.6. The molecule has 5 rings (SSSR count). The maximum absolute atomic E-state index is 13.6. The smallest absolute Gasteiger partial charge is 0.290 e. The average molecular weight is 447 g/mol. The molecular formula is C25H18FNO6. The minimum Gasteiger partial charge on any atom is -0.503 e. The highest BCUT2D eigenvalue weighted by atomic mass is 19.1. The van der Waals surface area contributed by atoms with Gasteiger partial charge in [0.15, 0.2) is 22.9 Å². The van der Waals surface area contributed by atoms with Crippen molar-refractivity contribution < 1.29 is 32.7 Å². The second-order valence-electron chi connectivity index (χ2n) is 7.55. The molecule has 0 bridgehead atoms. The first-order valence-corrected chi connectivity index (χ1v) is 10.1. The van der Waals surface area contributed by atoms with E-state index in [1.165, 1.54) is 48.6 Å².